The highest BCUT2D eigenvalue weighted by Crippen LogP contribution is 2.37. The van der Waals surface area contributed by atoms with Crippen molar-refractivity contribution in [2.24, 2.45) is 0 Å². The first-order valence-electron chi connectivity index (χ1n) is 4.64. The first kappa shape index (κ1) is 9.27. The smallest absolute Gasteiger partial charge is 0.194 e. The third-order valence-corrected chi connectivity index (χ3v) is 2.57. The zero-order chi connectivity index (χ0) is 10.1. The van der Waals surface area contributed by atoms with Crippen molar-refractivity contribution in [1.82, 2.24) is 5.32 Å². The normalized spacial score (nSPS) is 21.4. The van der Waals surface area contributed by atoms with Gasteiger partial charge in [0.05, 0.1) is 0 Å². The van der Waals surface area contributed by atoms with Crippen molar-refractivity contribution in [3.63, 3.8) is 0 Å². The van der Waals surface area contributed by atoms with Crippen LogP contribution in [-0.4, -0.2) is 16.8 Å². The number of nitrogens with one attached hydrogen (secondary N) is 1. The van der Waals surface area contributed by atoms with Crippen LogP contribution in [0.5, 0.6) is 11.5 Å². The largest absolute Gasteiger partial charge is 0.504 e. The molecule has 1 atom stereocenters. The fourth-order valence-corrected chi connectivity index (χ4v) is 1.80. The maximum atomic E-state index is 12.8. The summed E-state index contributed by atoms with van der Waals surface area (Å²) in [4.78, 5) is 0. The average molecular weight is 197 g/mol. The zero-order valence-corrected chi connectivity index (χ0v) is 7.63. The standard InChI is InChI=1S/C10H12FNO2/c11-7-4-3-6(9(13)10(7)14)8-2-1-5-12-8/h3-4,8,12-14H,1-2,5H2. The summed E-state index contributed by atoms with van der Waals surface area (Å²) in [5.41, 5.74) is 0.571. The van der Waals surface area contributed by atoms with Crippen LogP contribution < -0.4 is 5.32 Å². The number of halogens is 1. The third kappa shape index (κ3) is 1.42. The summed E-state index contributed by atoms with van der Waals surface area (Å²) in [7, 11) is 0. The van der Waals surface area contributed by atoms with Crippen molar-refractivity contribution < 1.29 is 14.6 Å². The van der Waals surface area contributed by atoms with Gasteiger partial charge in [-0.1, -0.05) is 6.07 Å². The second-order valence-corrected chi connectivity index (χ2v) is 3.48. The number of phenolic OH excluding ortho intramolecular Hbond substituents is 2. The lowest BCUT2D eigenvalue weighted by Gasteiger charge is -2.13. The van der Waals surface area contributed by atoms with E-state index in [2.05, 4.69) is 5.32 Å². The maximum Gasteiger partial charge on any atom is 0.194 e. The Morgan fingerprint density at radius 3 is 2.71 bits per heavy atom. The second kappa shape index (κ2) is 3.46. The van der Waals surface area contributed by atoms with Crippen LogP contribution in [0.15, 0.2) is 12.1 Å². The lowest BCUT2D eigenvalue weighted by atomic mass is 10.0. The van der Waals surface area contributed by atoms with Gasteiger partial charge in [-0.05, 0) is 25.5 Å². The van der Waals surface area contributed by atoms with Gasteiger partial charge in [0.2, 0.25) is 0 Å². The molecule has 14 heavy (non-hydrogen) atoms. The number of hydrogen-bond acceptors (Lipinski definition) is 3. The molecule has 1 unspecified atom stereocenters. The van der Waals surface area contributed by atoms with E-state index in [1.54, 1.807) is 0 Å². The molecule has 0 saturated carbocycles. The maximum absolute atomic E-state index is 12.8. The fourth-order valence-electron chi connectivity index (χ4n) is 1.80. The molecule has 1 aliphatic heterocycles. The highest BCUT2D eigenvalue weighted by Gasteiger charge is 2.22. The molecule has 0 bridgehead atoms. The average Bonchev–Trinajstić information content (AvgIpc) is 2.67. The first-order chi connectivity index (χ1) is 6.70. The van der Waals surface area contributed by atoms with Crippen molar-refractivity contribution in [2.75, 3.05) is 6.54 Å². The predicted octanol–water partition coefficient (Wildman–Crippen LogP) is 1.66. The molecule has 1 aromatic carbocycles. The van der Waals surface area contributed by atoms with E-state index in [4.69, 9.17) is 0 Å². The van der Waals surface area contributed by atoms with Gasteiger partial charge < -0.3 is 15.5 Å². The molecule has 1 saturated heterocycles. The van der Waals surface area contributed by atoms with E-state index in [-0.39, 0.29) is 11.8 Å². The van der Waals surface area contributed by atoms with Crippen molar-refractivity contribution in [1.29, 1.82) is 0 Å². The lowest BCUT2D eigenvalue weighted by Crippen LogP contribution is -2.13. The van der Waals surface area contributed by atoms with Crippen LogP contribution in [0.4, 0.5) is 4.39 Å². The van der Waals surface area contributed by atoms with E-state index in [0.29, 0.717) is 5.56 Å². The van der Waals surface area contributed by atoms with E-state index in [1.165, 1.54) is 12.1 Å². The van der Waals surface area contributed by atoms with Gasteiger partial charge in [-0.3, -0.25) is 0 Å². The highest BCUT2D eigenvalue weighted by molar-refractivity contribution is 5.47. The summed E-state index contributed by atoms with van der Waals surface area (Å²) < 4.78 is 12.8. The van der Waals surface area contributed by atoms with Gasteiger partial charge in [-0.15, -0.1) is 0 Å². The molecule has 1 heterocycles. The van der Waals surface area contributed by atoms with Crippen molar-refractivity contribution in [2.45, 2.75) is 18.9 Å². The van der Waals surface area contributed by atoms with Crippen molar-refractivity contribution >= 4 is 0 Å². The van der Waals surface area contributed by atoms with E-state index in [1.807, 2.05) is 0 Å². The molecule has 4 heteroatoms. The van der Waals surface area contributed by atoms with Crippen LogP contribution in [0.3, 0.4) is 0 Å². The van der Waals surface area contributed by atoms with Crippen LogP contribution in [0.2, 0.25) is 0 Å². The predicted molar refractivity (Wildman–Crippen MR) is 49.7 cm³/mol. The van der Waals surface area contributed by atoms with Crippen LogP contribution >= 0.6 is 0 Å². The van der Waals surface area contributed by atoms with E-state index >= 15 is 0 Å². The fraction of sp³-hybridized carbons (Fsp3) is 0.400. The SMILES string of the molecule is Oc1c(F)ccc(C2CCCN2)c1O. The van der Waals surface area contributed by atoms with Gasteiger partial charge >= 0.3 is 0 Å². The minimum Gasteiger partial charge on any atom is -0.504 e. The van der Waals surface area contributed by atoms with Crippen LogP contribution in [-0.2, 0) is 0 Å². The summed E-state index contributed by atoms with van der Waals surface area (Å²) in [6, 6.07) is 2.71. The summed E-state index contributed by atoms with van der Waals surface area (Å²) in [5, 5.41) is 21.9. The summed E-state index contributed by atoms with van der Waals surface area (Å²) in [5.74, 6) is -1.79. The molecule has 2 rings (SSSR count). The lowest BCUT2D eigenvalue weighted by molar-refractivity contribution is 0.371. The molecule has 3 nitrogen and oxygen atoms in total. The third-order valence-electron chi connectivity index (χ3n) is 2.57. The second-order valence-electron chi connectivity index (χ2n) is 3.48. The Morgan fingerprint density at radius 2 is 2.07 bits per heavy atom. The van der Waals surface area contributed by atoms with Crippen molar-refractivity contribution in [3.05, 3.63) is 23.5 Å². The Hall–Kier alpha value is -1.29. The summed E-state index contributed by atoms with van der Waals surface area (Å²) in [6.07, 6.45) is 1.93. The number of phenols is 2. The molecule has 0 radical (unpaired) electrons. The topological polar surface area (TPSA) is 52.5 Å². The molecule has 0 amide bonds. The molecule has 1 aromatic rings. The van der Waals surface area contributed by atoms with E-state index in [9.17, 15) is 14.6 Å². The molecule has 1 fully saturated rings. The van der Waals surface area contributed by atoms with Gasteiger partial charge in [0, 0.05) is 11.6 Å². The van der Waals surface area contributed by atoms with Gasteiger partial charge in [-0.25, -0.2) is 4.39 Å². The number of benzene rings is 1. The summed E-state index contributed by atoms with van der Waals surface area (Å²) >= 11 is 0. The molecular weight excluding hydrogens is 185 g/mol. The van der Waals surface area contributed by atoms with Gasteiger partial charge in [-0.2, -0.15) is 0 Å². The van der Waals surface area contributed by atoms with Gasteiger partial charge in [0.25, 0.3) is 0 Å². The molecule has 0 spiro atoms. The zero-order valence-electron chi connectivity index (χ0n) is 7.63. The number of aromatic hydroxyl groups is 2. The van der Waals surface area contributed by atoms with Gasteiger partial charge in [0.1, 0.15) is 0 Å². The highest BCUT2D eigenvalue weighted by atomic mass is 19.1. The Labute approximate surface area is 81.2 Å². The van der Waals surface area contributed by atoms with E-state index in [0.717, 1.165) is 19.4 Å². The Bertz CT molecular complexity index is 348. The Balaban J connectivity index is 2.38. The Kier molecular flexibility index (Phi) is 2.29. The van der Waals surface area contributed by atoms with E-state index < -0.39 is 11.6 Å². The Morgan fingerprint density at radius 1 is 1.29 bits per heavy atom. The molecule has 3 N–H and O–H groups in total. The number of rotatable bonds is 1. The van der Waals surface area contributed by atoms with Crippen LogP contribution in [0, 0.1) is 5.82 Å². The van der Waals surface area contributed by atoms with Crippen LogP contribution in [0.25, 0.3) is 0 Å². The van der Waals surface area contributed by atoms with Crippen LogP contribution in [0.1, 0.15) is 24.4 Å². The molecule has 0 aromatic heterocycles. The minimum absolute atomic E-state index is 0.0292. The van der Waals surface area contributed by atoms with Gasteiger partial charge in [0.15, 0.2) is 17.3 Å². The molecule has 1 aliphatic rings. The summed E-state index contributed by atoms with van der Waals surface area (Å²) in [6.45, 7) is 0.891. The first-order valence-corrected chi connectivity index (χ1v) is 4.64. The molecule has 76 valence electrons. The quantitative estimate of drug-likeness (QED) is 0.600. The molecule has 0 aliphatic carbocycles. The van der Waals surface area contributed by atoms with Crippen molar-refractivity contribution in [3.8, 4) is 11.5 Å². The molecular formula is C10H12FNO2. The monoisotopic (exact) mass is 197 g/mol. The number of hydrogen-bond donors (Lipinski definition) is 3. The minimum atomic E-state index is -0.788.